The van der Waals surface area contributed by atoms with Gasteiger partial charge in [-0.3, -0.25) is 14.6 Å². The zero-order valence-electron chi connectivity index (χ0n) is 16.2. The number of benzene rings is 2. The molecule has 5 nitrogen and oxygen atoms in total. The number of pyridine rings is 1. The minimum absolute atomic E-state index is 0.00629. The summed E-state index contributed by atoms with van der Waals surface area (Å²) in [4.78, 5) is 29.7. The summed E-state index contributed by atoms with van der Waals surface area (Å²) in [5.41, 5.74) is 2.38. The average molecular weight is 406 g/mol. The molecular formula is C23H23N3O2S. The van der Waals surface area contributed by atoms with Gasteiger partial charge in [-0.1, -0.05) is 37.3 Å². The molecule has 2 N–H and O–H groups in total. The van der Waals surface area contributed by atoms with Crippen LogP contribution >= 0.6 is 11.8 Å². The van der Waals surface area contributed by atoms with Crippen LogP contribution in [0.25, 0.3) is 0 Å². The minimum atomic E-state index is -0.412. The first-order chi connectivity index (χ1) is 14.2. The molecule has 3 aromatic rings. The molecule has 6 heteroatoms. The molecule has 1 heterocycles. The van der Waals surface area contributed by atoms with Gasteiger partial charge >= 0.3 is 0 Å². The highest BCUT2D eigenvalue weighted by atomic mass is 32.2. The SMILES string of the molecule is CCCC(=O)Nc1ccc(SC(C(=O)Nc2ccncc2)c2ccccc2)cc1. The van der Waals surface area contributed by atoms with E-state index in [0.29, 0.717) is 12.1 Å². The smallest absolute Gasteiger partial charge is 0.242 e. The van der Waals surface area contributed by atoms with Crippen molar-refractivity contribution in [3.05, 3.63) is 84.7 Å². The van der Waals surface area contributed by atoms with Crippen molar-refractivity contribution in [2.75, 3.05) is 10.6 Å². The summed E-state index contributed by atoms with van der Waals surface area (Å²) in [7, 11) is 0. The molecule has 0 saturated carbocycles. The van der Waals surface area contributed by atoms with Crippen LogP contribution in [0.3, 0.4) is 0 Å². The Balaban J connectivity index is 1.75. The van der Waals surface area contributed by atoms with Crippen molar-refractivity contribution in [3.63, 3.8) is 0 Å². The van der Waals surface area contributed by atoms with Crippen molar-refractivity contribution >= 4 is 35.0 Å². The van der Waals surface area contributed by atoms with Crippen molar-refractivity contribution in [1.29, 1.82) is 0 Å². The lowest BCUT2D eigenvalue weighted by atomic mass is 10.1. The summed E-state index contributed by atoms with van der Waals surface area (Å²) in [6.07, 6.45) is 4.60. The fourth-order valence-corrected chi connectivity index (χ4v) is 3.77. The Morgan fingerprint density at radius 3 is 2.21 bits per heavy atom. The van der Waals surface area contributed by atoms with Crippen LogP contribution in [0.1, 0.15) is 30.6 Å². The molecule has 1 unspecified atom stereocenters. The van der Waals surface area contributed by atoms with Gasteiger partial charge in [0.15, 0.2) is 0 Å². The number of nitrogens with one attached hydrogen (secondary N) is 2. The third-order valence-corrected chi connectivity index (χ3v) is 5.42. The number of nitrogens with zero attached hydrogens (tertiary/aromatic N) is 1. The molecule has 2 amide bonds. The highest BCUT2D eigenvalue weighted by Crippen LogP contribution is 2.36. The third kappa shape index (κ3) is 6.19. The van der Waals surface area contributed by atoms with Gasteiger partial charge in [-0.2, -0.15) is 0 Å². The van der Waals surface area contributed by atoms with Crippen molar-refractivity contribution in [2.45, 2.75) is 29.9 Å². The lowest BCUT2D eigenvalue weighted by Crippen LogP contribution is -2.19. The highest BCUT2D eigenvalue weighted by molar-refractivity contribution is 8.00. The number of hydrogen-bond acceptors (Lipinski definition) is 4. The molecule has 0 aliphatic carbocycles. The zero-order chi connectivity index (χ0) is 20.5. The molecule has 0 fully saturated rings. The Morgan fingerprint density at radius 1 is 0.897 bits per heavy atom. The van der Waals surface area contributed by atoms with E-state index in [4.69, 9.17) is 0 Å². The maximum absolute atomic E-state index is 13.0. The Kier molecular flexibility index (Phi) is 7.41. The number of carbonyl (C=O) groups excluding carboxylic acids is 2. The van der Waals surface area contributed by atoms with E-state index in [2.05, 4.69) is 15.6 Å². The first-order valence-corrected chi connectivity index (χ1v) is 10.4. The van der Waals surface area contributed by atoms with Crippen LogP contribution in [0.4, 0.5) is 11.4 Å². The van der Waals surface area contributed by atoms with E-state index in [1.165, 1.54) is 11.8 Å². The molecule has 3 rings (SSSR count). The molecule has 0 aliphatic heterocycles. The zero-order valence-corrected chi connectivity index (χ0v) is 17.0. The second-order valence-corrected chi connectivity index (χ2v) is 7.63. The number of thioether (sulfide) groups is 1. The molecule has 0 saturated heterocycles. The van der Waals surface area contributed by atoms with Crippen LogP contribution in [0, 0.1) is 0 Å². The number of rotatable bonds is 8. The predicted octanol–water partition coefficient (Wildman–Crippen LogP) is 5.29. The predicted molar refractivity (Wildman–Crippen MR) is 118 cm³/mol. The number of hydrogen-bond donors (Lipinski definition) is 2. The second kappa shape index (κ2) is 10.4. The maximum Gasteiger partial charge on any atom is 0.242 e. The lowest BCUT2D eigenvalue weighted by Gasteiger charge is -2.17. The summed E-state index contributed by atoms with van der Waals surface area (Å²) in [5, 5.41) is 5.42. The van der Waals surface area contributed by atoms with Crippen LogP contribution < -0.4 is 10.6 Å². The first-order valence-electron chi connectivity index (χ1n) is 9.48. The molecule has 148 valence electrons. The Labute approximate surface area is 175 Å². The standard InChI is InChI=1S/C23H23N3O2S/c1-2-6-21(27)25-18-9-11-20(12-10-18)29-22(17-7-4-3-5-8-17)23(28)26-19-13-15-24-16-14-19/h3-5,7-16,22H,2,6H2,1H3,(H,25,27)(H,24,26,28). The largest absolute Gasteiger partial charge is 0.326 e. The van der Waals surface area contributed by atoms with Gasteiger partial charge in [-0.15, -0.1) is 11.8 Å². The van der Waals surface area contributed by atoms with Gasteiger partial charge in [-0.25, -0.2) is 0 Å². The number of anilines is 2. The molecule has 29 heavy (non-hydrogen) atoms. The van der Waals surface area contributed by atoms with Crippen molar-refractivity contribution in [1.82, 2.24) is 4.98 Å². The van der Waals surface area contributed by atoms with E-state index in [-0.39, 0.29) is 11.8 Å². The van der Waals surface area contributed by atoms with Crippen LogP contribution in [0.5, 0.6) is 0 Å². The highest BCUT2D eigenvalue weighted by Gasteiger charge is 2.22. The summed E-state index contributed by atoms with van der Waals surface area (Å²) in [6, 6.07) is 20.8. The minimum Gasteiger partial charge on any atom is -0.326 e. The van der Waals surface area contributed by atoms with Crippen molar-refractivity contribution in [2.24, 2.45) is 0 Å². The number of carbonyl (C=O) groups is 2. The fraction of sp³-hybridized carbons (Fsp3) is 0.174. The lowest BCUT2D eigenvalue weighted by molar-refractivity contribution is -0.116. The van der Waals surface area contributed by atoms with Crippen molar-refractivity contribution < 1.29 is 9.59 Å². The normalized spacial score (nSPS) is 11.5. The van der Waals surface area contributed by atoms with E-state index < -0.39 is 5.25 Å². The quantitative estimate of drug-likeness (QED) is 0.499. The molecule has 2 aromatic carbocycles. The molecule has 1 aromatic heterocycles. The summed E-state index contributed by atoms with van der Waals surface area (Å²) in [5.74, 6) is -0.0977. The Hall–Kier alpha value is -3.12. The van der Waals surface area contributed by atoms with Crippen LogP contribution in [-0.4, -0.2) is 16.8 Å². The van der Waals surface area contributed by atoms with Gasteiger partial charge < -0.3 is 10.6 Å². The number of aromatic nitrogens is 1. The van der Waals surface area contributed by atoms with E-state index in [9.17, 15) is 9.59 Å². The summed E-state index contributed by atoms with van der Waals surface area (Å²) >= 11 is 1.47. The molecular weight excluding hydrogens is 382 g/mol. The van der Waals surface area contributed by atoms with E-state index >= 15 is 0 Å². The van der Waals surface area contributed by atoms with Gasteiger partial charge in [0.2, 0.25) is 11.8 Å². The van der Waals surface area contributed by atoms with Gasteiger partial charge in [0, 0.05) is 35.1 Å². The molecule has 0 radical (unpaired) electrons. The first kappa shape index (κ1) is 20.6. The Bertz CT molecular complexity index is 931. The van der Waals surface area contributed by atoms with Crippen molar-refractivity contribution in [3.8, 4) is 0 Å². The van der Waals surface area contributed by atoms with Gasteiger partial charge in [0.25, 0.3) is 0 Å². The third-order valence-electron chi connectivity index (χ3n) is 4.16. The average Bonchev–Trinajstić information content (AvgIpc) is 2.74. The van der Waals surface area contributed by atoms with E-state index in [0.717, 1.165) is 22.6 Å². The van der Waals surface area contributed by atoms with Gasteiger partial charge in [-0.05, 0) is 48.4 Å². The monoisotopic (exact) mass is 405 g/mol. The fourth-order valence-electron chi connectivity index (χ4n) is 2.75. The number of amides is 2. The Morgan fingerprint density at radius 2 is 1.55 bits per heavy atom. The van der Waals surface area contributed by atoms with Gasteiger partial charge in [0.05, 0.1) is 0 Å². The topological polar surface area (TPSA) is 71.1 Å². The molecule has 0 aliphatic rings. The second-order valence-electron chi connectivity index (χ2n) is 6.46. The van der Waals surface area contributed by atoms with E-state index in [1.807, 2.05) is 61.5 Å². The maximum atomic E-state index is 13.0. The van der Waals surface area contributed by atoms with Crippen LogP contribution in [0.15, 0.2) is 84.0 Å². The molecule has 0 bridgehead atoms. The summed E-state index contributed by atoms with van der Waals surface area (Å²) < 4.78 is 0. The van der Waals surface area contributed by atoms with Gasteiger partial charge in [0.1, 0.15) is 5.25 Å². The van der Waals surface area contributed by atoms with E-state index in [1.54, 1.807) is 24.5 Å². The molecule has 1 atom stereocenters. The molecule has 0 spiro atoms. The van der Waals surface area contributed by atoms with Crippen LogP contribution in [0.2, 0.25) is 0 Å². The van der Waals surface area contributed by atoms with Crippen LogP contribution in [-0.2, 0) is 9.59 Å². The summed E-state index contributed by atoms with van der Waals surface area (Å²) in [6.45, 7) is 1.97.